The number of hydrogen-bond acceptors (Lipinski definition) is 4. The lowest BCUT2D eigenvalue weighted by molar-refractivity contribution is 0.462. The van der Waals surface area contributed by atoms with E-state index in [1.54, 1.807) is 24.3 Å². The van der Waals surface area contributed by atoms with E-state index in [-0.39, 0.29) is 0 Å². The van der Waals surface area contributed by atoms with E-state index < -0.39 is 0 Å². The molecule has 2 rings (SSSR count). The summed E-state index contributed by atoms with van der Waals surface area (Å²) in [6, 6.07) is 8.65. The van der Waals surface area contributed by atoms with Gasteiger partial charge in [-0.15, -0.1) is 5.10 Å². The highest BCUT2D eigenvalue weighted by atomic mass is 16.5. The molecular formula is C11H10N4O. The number of aromatic nitrogens is 2. The maximum absolute atomic E-state index is 8.71. The molecule has 0 spiro atoms. The standard InChI is InChI=1S/C11H10N4O/c1-7-4-11(15-14-7)16-9-3-2-8(6-12)10(13)5-9/h2-5H,13H2,1H3,(H,14,15). The van der Waals surface area contributed by atoms with Crippen LogP contribution in [-0.4, -0.2) is 10.2 Å². The van der Waals surface area contributed by atoms with Crippen LogP contribution >= 0.6 is 0 Å². The minimum absolute atomic E-state index is 0.396. The number of nitrogens with two attached hydrogens (primary N) is 1. The first-order valence-electron chi connectivity index (χ1n) is 4.68. The number of benzene rings is 1. The summed E-state index contributed by atoms with van der Waals surface area (Å²) in [4.78, 5) is 0. The normalized spacial score (nSPS) is 9.75. The maximum Gasteiger partial charge on any atom is 0.238 e. The molecule has 0 radical (unpaired) electrons. The Morgan fingerprint density at radius 3 is 2.81 bits per heavy atom. The van der Waals surface area contributed by atoms with Gasteiger partial charge in [-0.1, -0.05) is 0 Å². The Morgan fingerprint density at radius 2 is 2.25 bits per heavy atom. The van der Waals surface area contributed by atoms with E-state index >= 15 is 0 Å². The number of H-pyrrole nitrogens is 1. The van der Waals surface area contributed by atoms with Crippen LogP contribution in [0.2, 0.25) is 0 Å². The van der Waals surface area contributed by atoms with Gasteiger partial charge in [-0.3, -0.25) is 5.10 Å². The Kier molecular flexibility index (Phi) is 2.48. The van der Waals surface area contributed by atoms with Gasteiger partial charge in [0.25, 0.3) is 0 Å². The number of nitrogens with one attached hydrogen (secondary N) is 1. The summed E-state index contributed by atoms with van der Waals surface area (Å²) in [7, 11) is 0. The van der Waals surface area contributed by atoms with Crippen molar-refractivity contribution in [3.8, 4) is 17.7 Å². The Labute approximate surface area is 92.5 Å². The summed E-state index contributed by atoms with van der Waals surface area (Å²) in [5.41, 5.74) is 7.40. The first-order valence-corrected chi connectivity index (χ1v) is 4.68. The molecule has 1 aromatic carbocycles. The zero-order valence-corrected chi connectivity index (χ0v) is 8.69. The van der Waals surface area contributed by atoms with Crippen LogP contribution in [0.1, 0.15) is 11.3 Å². The van der Waals surface area contributed by atoms with Gasteiger partial charge in [-0.25, -0.2) is 0 Å². The van der Waals surface area contributed by atoms with Gasteiger partial charge in [0.1, 0.15) is 11.8 Å². The van der Waals surface area contributed by atoms with Crippen molar-refractivity contribution in [2.75, 3.05) is 5.73 Å². The molecule has 1 heterocycles. The molecule has 3 N–H and O–H groups in total. The smallest absolute Gasteiger partial charge is 0.238 e. The molecule has 0 bridgehead atoms. The average Bonchev–Trinajstić information content (AvgIpc) is 2.64. The highest BCUT2D eigenvalue weighted by molar-refractivity contribution is 5.57. The fraction of sp³-hybridized carbons (Fsp3) is 0.0909. The van der Waals surface area contributed by atoms with Crippen LogP contribution in [-0.2, 0) is 0 Å². The minimum Gasteiger partial charge on any atom is -0.437 e. The van der Waals surface area contributed by atoms with Gasteiger partial charge in [0.05, 0.1) is 11.3 Å². The Bertz CT molecular complexity index is 553. The highest BCUT2D eigenvalue weighted by Gasteiger charge is 2.03. The molecule has 80 valence electrons. The van der Waals surface area contributed by atoms with E-state index in [9.17, 15) is 0 Å². The lowest BCUT2D eigenvalue weighted by Gasteiger charge is -2.03. The largest absolute Gasteiger partial charge is 0.437 e. The van der Waals surface area contributed by atoms with Crippen LogP contribution in [0, 0.1) is 18.3 Å². The topological polar surface area (TPSA) is 87.7 Å². The van der Waals surface area contributed by atoms with Crippen LogP contribution in [0.4, 0.5) is 5.69 Å². The summed E-state index contributed by atoms with van der Waals surface area (Å²) in [5.74, 6) is 1.03. The first kappa shape index (κ1) is 10.1. The molecule has 0 aliphatic rings. The number of rotatable bonds is 2. The van der Waals surface area contributed by atoms with Gasteiger partial charge < -0.3 is 10.5 Å². The summed E-state index contributed by atoms with van der Waals surface area (Å²) >= 11 is 0. The van der Waals surface area contributed by atoms with Crippen molar-refractivity contribution in [1.82, 2.24) is 10.2 Å². The van der Waals surface area contributed by atoms with Gasteiger partial charge >= 0.3 is 0 Å². The summed E-state index contributed by atoms with van der Waals surface area (Å²) < 4.78 is 5.45. The third-order valence-corrected chi connectivity index (χ3v) is 2.05. The third kappa shape index (κ3) is 1.96. The molecule has 0 atom stereocenters. The molecule has 16 heavy (non-hydrogen) atoms. The molecule has 0 amide bonds. The van der Waals surface area contributed by atoms with Crippen molar-refractivity contribution < 1.29 is 4.74 Å². The number of aryl methyl sites for hydroxylation is 1. The number of hydrogen-bond donors (Lipinski definition) is 2. The van der Waals surface area contributed by atoms with Crippen LogP contribution in [0.15, 0.2) is 24.3 Å². The van der Waals surface area contributed by atoms with Crippen molar-refractivity contribution in [2.24, 2.45) is 0 Å². The van der Waals surface area contributed by atoms with E-state index in [4.69, 9.17) is 15.7 Å². The SMILES string of the molecule is Cc1cc(Oc2ccc(C#N)c(N)c2)n[nH]1. The average molecular weight is 214 g/mol. The number of nitriles is 1. The fourth-order valence-corrected chi connectivity index (χ4v) is 1.27. The maximum atomic E-state index is 8.71. The van der Waals surface area contributed by atoms with Crippen LogP contribution < -0.4 is 10.5 Å². The van der Waals surface area contributed by atoms with Gasteiger partial charge in [-0.05, 0) is 19.1 Å². The number of anilines is 1. The molecule has 0 unspecified atom stereocenters. The molecule has 5 heteroatoms. The molecule has 0 fully saturated rings. The summed E-state index contributed by atoms with van der Waals surface area (Å²) in [6.45, 7) is 1.88. The predicted molar refractivity (Wildman–Crippen MR) is 59.0 cm³/mol. The van der Waals surface area contributed by atoms with E-state index in [0.29, 0.717) is 22.9 Å². The van der Waals surface area contributed by atoms with E-state index in [1.807, 2.05) is 13.0 Å². The third-order valence-electron chi connectivity index (χ3n) is 2.05. The Balaban J connectivity index is 2.23. The number of nitrogens with zero attached hydrogens (tertiary/aromatic N) is 2. The van der Waals surface area contributed by atoms with Crippen LogP contribution in [0.5, 0.6) is 11.6 Å². The molecule has 2 aromatic rings. The quantitative estimate of drug-likeness (QED) is 0.748. The second kappa shape index (κ2) is 3.95. The van der Waals surface area contributed by atoms with Gasteiger partial charge in [-0.2, -0.15) is 5.26 Å². The van der Waals surface area contributed by atoms with Crippen LogP contribution in [0.25, 0.3) is 0 Å². The van der Waals surface area contributed by atoms with Gasteiger partial charge in [0.15, 0.2) is 0 Å². The lowest BCUT2D eigenvalue weighted by atomic mass is 10.2. The zero-order valence-electron chi connectivity index (χ0n) is 8.69. The second-order valence-electron chi connectivity index (χ2n) is 3.35. The van der Waals surface area contributed by atoms with Crippen molar-refractivity contribution in [1.29, 1.82) is 5.26 Å². The van der Waals surface area contributed by atoms with Crippen molar-refractivity contribution in [2.45, 2.75) is 6.92 Å². The van der Waals surface area contributed by atoms with Gasteiger partial charge in [0.2, 0.25) is 5.88 Å². The lowest BCUT2D eigenvalue weighted by Crippen LogP contribution is -1.91. The van der Waals surface area contributed by atoms with E-state index in [1.165, 1.54) is 0 Å². The number of nitrogen functional groups attached to an aromatic ring is 1. The molecule has 0 saturated carbocycles. The summed E-state index contributed by atoms with van der Waals surface area (Å²) in [6.07, 6.45) is 0. The van der Waals surface area contributed by atoms with Gasteiger partial charge in [0, 0.05) is 17.8 Å². The predicted octanol–water partition coefficient (Wildman–Crippen LogP) is 1.96. The molecule has 1 aromatic heterocycles. The molecule has 5 nitrogen and oxygen atoms in total. The van der Waals surface area contributed by atoms with Crippen molar-refractivity contribution in [3.05, 3.63) is 35.5 Å². The Hall–Kier alpha value is -2.48. The van der Waals surface area contributed by atoms with Crippen LogP contribution in [0.3, 0.4) is 0 Å². The fourth-order valence-electron chi connectivity index (χ4n) is 1.27. The highest BCUT2D eigenvalue weighted by Crippen LogP contribution is 2.23. The molecule has 0 aliphatic carbocycles. The monoisotopic (exact) mass is 214 g/mol. The summed E-state index contributed by atoms with van der Waals surface area (Å²) in [5, 5.41) is 15.4. The van der Waals surface area contributed by atoms with Crippen molar-refractivity contribution >= 4 is 5.69 Å². The zero-order chi connectivity index (χ0) is 11.5. The Morgan fingerprint density at radius 1 is 1.44 bits per heavy atom. The number of ether oxygens (including phenoxy) is 1. The van der Waals surface area contributed by atoms with E-state index in [0.717, 1.165) is 5.69 Å². The second-order valence-corrected chi connectivity index (χ2v) is 3.35. The molecular weight excluding hydrogens is 204 g/mol. The van der Waals surface area contributed by atoms with Crippen molar-refractivity contribution in [3.63, 3.8) is 0 Å². The first-order chi connectivity index (χ1) is 7.69. The van der Waals surface area contributed by atoms with E-state index in [2.05, 4.69) is 10.2 Å². The number of aromatic amines is 1. The molecule has 0 saturated heterocycles. The molecule has 0 aliphatic heterocycles. The minimum atomic E-state index is 0.396.